The van der Waals surface area contributed by atoms with Gasteiger partial charge >= 0.3 is 0 Å². The van der Waals surface area contributed by atoms with Crippen molar-refractivity contribution in [3.05, 3.63) is 58.6 Å². The molecule has 2 aromatic carbocycles. The monoisotopic (exact) mass is 298 g/mol. The van der Waals surface area contributed by atoms with Crippen LogP contribution in [0.5, 0.6) is 5.88 Å². The van der Waals surface area contributed by atoms with Crippen LogP contribution in [0.2, 0.25) is 5.02 Å². The maximum atomic E-state index is 10.0. The van der Waals surface area contributed by atoms with E-state index in [4.69, 9.17) is 11.6 Å². The predicted molar refractivity (Wildman–Crippen MR) is 88.0 cm³/mol. The van der Waals surface area contributed by atoms with E-state index in [2.05, 4.69) is 23.0 Å². The van der Waals surface area contributed by atoms with Crippen molar-refractivity contribution in [3.63, 3.8) is 0 Å². The Labute approximate surface area is 127 Å². The molecule has 0 aliphatic carbocycles. The van der Waals surface area contributed by atoms with Crippen molar-refractivity contribution < 1.29 is 5.11 Å². The number of rotatable bonds is 3. The number of fused-ring (bicyclic) bond motifs is 1. The first kappa shape index (κ1) is 13.7. The minimum absolute atomic E-state index is 0.102. The van der Waals surface area contributed by atoms with Crippen molar-refractivity contribution in [2.75, 3.05) is 0 Å². The number of nitrogens with zero attached hydrogens (tertiary/aromatic N) is 1. The van der Waals surface area contributed by atoms with Crippen LogP contribution in [0.15, 0.2) is 47.5 Å². The van der Waals surface area contributed by atoms with E-state index >= 15 is 0 Å². The number of para-hydroxylation sites is 1. The molecule has 3 nitrogen and oxygen atoms in total. The summed E-state index contributed by atoms with van der Waals surface area (Å²) in [7, 11) is 0. The van der Waals surface area contributed by atoms with Crippen molar-refractivity contribution in [2.45, 2.75) is 13.3 Å². The smallest absolute Gasteiger partial charge is 0.198 e. The number of aromatic nitrogens is 1. The van der Waals surface area contributed by atoms with Crippen LogP contribution in [0.25, 0.3) is 10.9 Å². The van der Waals surface area contributed by atoms with Crippen molar-refractivity contribution in [2.24, 2.45) is 4.99 Å². The molecule has 1 aromatic heterocycles. The Hall–Kier alpha value is -2.26. The highest BCUT2D eigenvalue weighted by molar-refractivity contribution is 6.31. The number of aryl methyl sites for hydroxylation is 1. The van der Waals surface area contributed by atoms with Gasteiger partial charge in [0, 0.05) is 16.6 Å². The van der Waals surface area contributed by atoms with Crippen LogP contribution in [-0.4, -0.2) is 16.3 Å². The van der Waals surface area contributed by atoms with E-state index in [-0.39, 0.29) is 5.88 Å². The highest BCUT2D eigenvalue weighted by Gasteiger charge is 2.09. The fraction of sp³-hybridized carbons (Fsp3) is 0.118. The van der Waals surface area contributed by atoms with Gasteiger partial charge < -0.3 is 10.1 Å². The molecule has 1 heterocycles. The van der Waals surface area contributed by atoms with Gasteiger partial charge in [-0.2, -0.15) is 0 Å². The average molecular weight is 299 g/mol. The molecular formula is C17H15ClN2O. The lowest BCUT2D eigenvalue weighted by Crippen LogP contribution is -1.83. The molecule has 0 saturated carbocycles. The fourth-order valence-corrected chi connectivity index (χ4v) is 2.55. The van der Waals surface area contributed by atoms with Gasteiger partial charge in [0.2, 0.25) is 0 Å². The Bertz CT molecular complexity index is 821. The Morgan fingerprint density at radius 3 is 2.86 bits per heavy atom. The topological polar surface area (TPSA) is 48.4 Å². The first-order valence-electron chi connectivity index (χ1n) is 6.81. The van der Waals surface area contributed by atoms with Crippen LogP contribution in [0.4, 0.5) is 5.69 Å². The van der Waals surface area contributed by atoms with Crippen molar-refractivity contribution in [1.82, 2.24) is 4.98 Å². The average Bonchev–Trinajstić information content (AvgIpc) is 2.80. The van der Waals surface area contributed by atoms with E-state index in [0.717, 1.165) is 23.0 Å². The van der Waals surface area contributed by atoms with Gasteiger partial charge in [-0.1, -0.05) is 42.8 Å². The number of nitrogens with one attached hydrogen (secondary N) is 1. The van der Waals surface area contributed by atoms with Crippen LogP contribution in [0.3, 0.4) is 0 Å². The standard InChI is InChI=1S/C17H15ClN2O/c1-2-11-5-3-4-6-15(11)19-10-14-13-8-7-12(18)9-16(13)20-17(14)21/h3-10,20-21H,2H2,1H3. The van der Waals surface area contributed by atoms with Crippen molar-refractivity contribution >= 4 is 34.4 Å². The normalized spacial score (nSPS) is 11.5. The minimum atomic E-state index is 0.102. The molecule has 0 amide bonds. The SMILES string of the molecule is CCc1ccccc1N=Cc1c(O)[nH]c2cc(Cl)ccc12. The zero-order valence-corrected chi connectivity index (χ0v) is 12.4. The molecular weight excluding hydrogens is 284 g/mol. The predicted octanol–water partition coefficient (Wildman–Crippen LogP) is 4.84. The zero-order chi connectivity index (χ0) is 14.8. The minimum Gasteiger partial charge on any atom is -0.494 e. The van der Waals surface area contributed by atoms with Gasteiger partial charge in [0.15, 0.2) is 5.88 Å². The number of aromatic hydroxyl groups is 1. The molecule has 3 rings (SSSR count). The molecule has 106 valence electrons. The quantitative estimate of drug-likeness (QED) is 0.668. The van der Waals surface area contributed by atoms with Gasteiger partial charge in [0.1, 0.15) is 0 Å². The molecule has 0 spiro atoms. The number of benzene rings is 2. The molecule has 0 atom stereocenters. The second kappa shape index (κ2) is 5.62. The second-order valence-electron chi connectivity index (χ2n) is 4.82. The summed E-state index contributed by atoms with van der Waals surface area (Å²) in [5.74, 6) is 0.102. The van der Waals surface area contributed by atoms with Crippen molar-refractivity contribution in [1.29, 1.82) is 0 Å². The third-order valence-electron chi connectivity index (χ3n) is 3.49. The molecule has 0 fully saturated rings. The number of aliphatic imine (C=N–C) groups is 1. The van der Waals surface area contributed by atoms with Gasteiger partial charge in [0.05, 0.1) is 16.8 Å². The molecule has 0 radical (unpaired) electrons. The van der Waals surface area contributed by atoms with Crippen molar-refractivity contribution in [3.8, 4) is 5.88 Å². The molecule has 4 heteroatoms. The van der Waals surface area contributed by atoms with E-state index in [1.807, 2.05) is 24.3 Å². The van der Waals surface area contributed by atoms with Crippen LogP contribution in [-0.2, 0) is 6.42 Å². The highest BCUT2D eigenvalue weighted by Crippen LogP contribution is 2.28. The van der Waals surface area contributed by atoms with E-state index in [1.165, 1.54) is 5.56 Å². The molecule has 0 aliphatic heterocycles. The summed E-state index contributed by atoms with van der Waals surface area (Å²) in [6.45, 7) is 2.10. The highest BCUT2D eigenvalue weighted by atomic mass is 35.5. The zero-order valence-electron chi connectivity index (χ0n) is 11.6. The number of H-pyrrole nitrogens is 1. The fourth-order valence-electron chi connectivity index (χ4n) is 2.38. The summed E-state index contributed by atoms with van der Waals surface area (Å²) in [5, 5.41) is 11.6. The largest absolute Gasteiger partial charge is 0.494 e. The first-order chi connectivity index (χ1) is 10.2. The Morgan fingerprint density at radius 1 is 1.24 bits per heavy atom. The van der Waals surface area contributed by atoms with E-state index in [0.29, 0.717) is 10.6 Å². The van der Waals surface area contributed by atoms with Gasteiger partial charge in [-0.3, -0.25) is 4.99 Å². The lowest BCUT2D eigenvalue weighted by molar-refractivity contribution is 0.457. The molecule has 0 saturated heterocycles. The lowest BCUT2D eigenvalue weighted by Gasteiger charge is -2.01. The van der Waals surface area contributed by atoms with E-state index < -0.39 is 0 Å². The molecule has 0 aliphatic rings. The van der Waals surface area contributed by atoms with E-state index in [9.17, 15) is 5.11 Å². The van der Waals surface area contributed by atoms with Gasteiger partial charge in [-0.25, -0.2) is 0 Å². The number of halogens is 1. The Balaban J connectivity index is 2.05. The molecule has 2 N–H and O–H groups in total. The maximum Gasteiger partial charge on any atom is 0.198 e. The Morgan fingerprint density at radius 2 is 2.05 bits per heavy atom. The number of aromatic amines is 1. The molecule has 3 aromatic rings. The molecule has 0 unspecified atom stereocenters. The van der Waals surface area contributed by atoms with E-state index in [1.54, 1.807) is 18.3 Å². The third-order valence-corrected chi connectivity index (χ3v) is 3.72. The summed E-state index contributed by atoms with van der Waals surface area (Å²) >= 11 is 5.96. The lowest BCUT2D eigenvalue weighted by atomic mass is 10.1. The summed E-state index contributed by atoms with van der Waals surface area (Å²) in [4.78, 5) is 7.43. The van der Waals surface area contributed by atoms with Crippen LogP contribution >= 0.6 is 11.6 Å². The van der Waals surface area contributed by atoms with Crippen LogP contribution < -0.4 is 0 Å². The van der Waals surface area contributed by atoms with Gasteiger partial charge in [0.25, 0.3) is 0 Å². The number of hydrogen-bond donors (Lipinski definition) is 2. The van der Waals surface area contributed by atoms with Gasteiger partial charge in [-0.05, 0) is 30.2 Å². The maximum absolute atomic E-state index is 10.0. The first-order valence-corrected chi connectivity index (χ1v) is 7.19. The number of hydrogen-bond acceptors (Lipinski definition) is 2. The van der Waals surface area contributed by atoms with Crippen LogP contribution in [0.1, 0.15) is 18.1 Å². The third kappa shape index (κ3) is 2.65. The summed E-state index contributed by atoms with van der Waals surface area (Å²) in [6.07, 6.45) is 2.61. The summed E-state index contributed by atoms with van der Waals surface area (Å²) < 4.78 is 0. The second-order valence-corrected chi connectivity index (χ2v) is 5.25. The molecule has 0 bridgehead atoms. The van der Waals surface area contributed by atoms with Crippen LogP contribution in [0, 0.1) is 0 Å². The van der Waals surface area contributed by atoms with Gasteiger partial charge in [-0.15, -0.1) is 0 Å². The molecule has 21 heavy (non-hydrogen) atoms. The summed E-state index contributed by atoms with van der Waals surface area (Å²) in [6, 6.07) is 13.5. The Kier molecular flexibility index (Phi) is 3.67. The summed E-state index contributed by atoms with van der Waals surface area (Å²) in [5.41, 5.74) is 3.57.